The second kappa shape index (κ2) is 5.70. The topological polar surface area (TPSA) is 92.9 Å². The van der Waals surface area contributed by atoms with Gasteiger partial charge in [0.15, 0.2) is 0 Å². The van der Waals surface area contributed by atoms with Crippen molar-refractivity contribution in [3.05, 3.63) is 35.4 Å². The maximum atomic E-state index is 12.7. The molecule has 0 unspecified atom stereocenters. The first kappa shape index (κ1) is 15.0. The molecule has 0 bridgehead atoms. The van der Waals surface area contributed by atoms with Crippen molar-refractivity contribution >= 4 is 11.8 Å². The number of hydrogen-bond donors (Lipinski definition) is 2. The van der Waals surface area contributed by atoms with Crippen LogP contribution in [0.15, 0.2) is 24.3 Å². The number of aliphatic hydroxyl groups is 1. The molecule has 0 spiro atoms. The van der Waals surface area contributed by atoms with Crippen molar-refractivity contribution in [1.82, 2.24) is 4.90 Å². The van der Waals surface area contributed by atoms with E-state index in [9.17, 15) is 14.7 Å². The largest absolute Gasteiger partial charge is 0.392 e. The summed E-state index contributed by atoms with van der Waals surface area (Å²) in [4.78, 5) is 26.3. The number of rotatable bonds is 3. The fourth-order valence-corrected chi connectivity index (χ4v) is 3.49. The van der Waals surface area contributed by atoms with Crippen LogP contribution in [0.4, 0.5) is 0 Å². The zero-order chi connectivity index (χ0) is 15.7. The Hall–Kier alpha value is -1.92. The fraction of sp³-hybridized carbons (Fsp3) is 0.500. The van der Waals surface area contributed by atoms with E-state index < -0.39 is 5.41 Å². The Morgan fingerprint density at radius 2 is 2.27 bits per heavy atom. The Kier molecular flexibility index (Phi) is 3.88. The SMILES string of the molecule is NC(=O)[C@]12CCOC[C@H]1CN(C(=O)c1cccc(CO)c1)C2. The fourth-order valence-electron chi connectivity index (χ4n) is 3.49. The normalized spacial score (nSPS) is 27.5. The van der Waals surface area contributed by atoms with Crippen molar-refractivity contribution in [2.24, 2.45) is 17.1 Å². The summed E-state index contributed by atoms with van der Waals surface area (Å²) in [5.74, 6) is -0.519. The molecule has 2 aliphatic heterocycles. The number of nitrogens with zero attached hydrogens (tertiary/aromatic N) is 1. The van der Waals surface area contributed by atoms with Crippen molar-refractivity contribution in [1.29, 1.82) is 0 Å². The Morgan fingerprint density at radius 3 is 2.95 bits per heavy atom. The van der Waals surface area contributed by atoms with E-state index in [1.165, 1.54) is 0 Å². The van der Waals surface area contributed by atoms with Crippen LogP contribution in [0.2, 0.25) is 0 Å². The van der Waals surface area contributed by atoms with Crippen LogP contribution in [0.5, 0.6) is 0 Å². The number of hydrogen-bond acceptors (Lipinski definition) is 4. The molecular weight excluding hydrogens is 284 g/mol. The Morgan fingerprint density at radius 1 is 1.45 bits per heavy atom. The van der Waals surface area contributed by atoms with E-state index in [1.54, 1.807) is 29.2 Å². The number of carbonyl (C=O) groups excluding carboxylic acids is 2. The molecule has 1 aromatic rings. The predicted octanol–water partition coefficient (Wildman–Crippen LogP) is 0.143. The van der Waals surface area contributed by atoms with Gasteiger partial charge < -0.3 is 20.5 Å². The van der Waals surface area contributed by atoms with Gasteiger partial charge in [0.05, 0.1) is 18.6 Å². The summed E-state index contributed by atoms with van der Waals surface area (Å²) < 4.78 is 5.45. The highest BCUT2D eigenvalue weighted by molar-refractivity contribution is 5.95. The third kappa shape index (κ3) is 2.38. The number of likely N-dealkylation sites (tertiary alicyclic amines) is 1. The molecule has 3 rings (SSSR count). The molecule has 2 atom stereocenters. The molecule has 0 aromatic heterocycles. The van der Waals surface area contributed by atoms with Gasteiger partial charge in [0, 0.05) is 31.2 Å². The van der Waals surface area contributed by atoms with Gasteiger partial charge in [-0.1, -0.05) is 12.1 Å². The Balaban J connectivity index is 1.84. The lowest BCUT2D eigenvalue weighted by Gasteiger charge is -2.34. The first-order chi connectivity index (χ1) is 10.6. The molecule has 6 nitrogen and oxygen atoms in total. The van der Waals surface area contributed by atoms with Crippen LogP contribution in [0.1, 0.15) is 22.3 Å². The maximum Gasteiger partial charge on any atom is 0.253 e. The lowest BCUT2D eigenvalue weighted by molar-refractivity contribution is -0.135. The minimum Gasteiger partial charge on any atom is -0.392 e. The van der Waals surface area contributed by atoms with Crippen LogP contribution >= 0.6 is 0 Å². The number of primary amides is 1. The van der Waals surface area contributed by atoms with Crippen LogP contribution in [-0.4, -0.2) is 48.1 Å². The minimum atomic E-state index is -0.664. The molecule has 2 aliphatic rings. The summed E-state index contributed by atoms with van der Waals surface area (Å²) in [6.45, 7) is 1.68. The number of nitrogens with two attached hydrogens (primary N) is 1. The number of ether oxygens (including phenoxy) is 1. The lowest BCUT2D eigenvalue weighted by atomic mass is 9.74. The standard InChI is InChI=1S/C16H20N2O4/c17-15(21)16-4-5-22-9-13(16)7-18(10-16)14(20)12-3-1-2-11(6-12)8-19/h1-3,6,13,19H,4-5,7-10H2,(H2,17,21)/t13-,16+/m1/s1. The molecule has 2 amide bonds. The smallest absolute Gasteiger partial charge is 0.253 e. The van der Waals surface area contributed by atoms with E-state index in [-0.39, 0.29) is 24.3 Å². The van der Waals surface area contributed by atoms with Gasteiger partial charge in [0.2, 0.25) is 5.91 Å². The number of carbonyl (C=O) groups is 2. The van der Waals surface area contributed by atoms with Gasteiger partial charge >= 0.3 is 0 Å². The quantitative estimate of drug-likeness (QED) is 0.831. The highest BCUT2D eigenvalue weighted by Gasteiger charge is 2.53. The molecule has 3 N–H and O–H groups in total. The highest BCUT2D eigenvalue weighted by atomic mass is 16.5. The average molecular weight is 304 g/mol. The number of benzene rings is 1. The first-order valence-electron chi connectivity index (χ1n) is 7.43. The second-order valence-corrected chi connectivity index (χ2v) is 6.09. The molecule has 0 aliphatic carbocycles. The Labute approximate surface area is 128 Å². The molecular formula is C16H20N2O4. The molecule has 22 heavy (non-hydrogen) atoms. The Bertz CT molecular complexity index is 604. The summed E-state index contributed by atoms with van der Waals surface area (Å²) in [6.07, 6.45) is 0.563. The zero-order valence-corrected chi connectivity index (χ0v) is 12.3. The third-order valence-corrected chi connectivity index (χ3v) is 4.84. The summed E-state index contributed by atoms with van der Waals surface area (Å²) in [5.41, 5.74) is 6.17. The van der Waals surface area contributed by atoms with Gasteiger partial charge in [-0.15, -0.1) is 0 Å². The molecule has 2 fully saturated rings. The van der Waals surface area contributed by atoms with Gasteiger partial charge in [-0.2, -0.15) is 0 Å². The number of fused-ring (bicyclic) bond motifs is 1. The summed E-state index contributed by atoms with van der Waals surface area (Å²) in [6, 6.07) is 6.91. The van der Waals surface area contributed by atoms with E-state index in [0.717, 1.165) is 0 Å². The molecule has 118 valence electrons. The van der Waals surface area contributed by atoms with Gasteiger partial charge in [-0.05, 0) is 24.1 Å². The van der Waals surface area contributed by atoms with E-state index >= 15 is 0 Å². The van der Waals surface area contributed by atoms with E-state index in [4.69, 9.17) is 10.5 Å². The van der Waals surface area contributed by atoms with Crippen molar-refractivity contribution in [3.63, 3.8) is 0 Å². The van der Waals surface area contributed by atoms with Crippen LogP contribution in [-0.2, 0) is 16.1 Å². The average Bonchev–Trinajstić information content (AvgIpc) is 2.95. The maximum absolute atomic E-state index is 12.7. The second-order valence-electron chi connectivity index (χ2n) is 6.09. The molecule has 6 heteroatoms. The van der Waals surface area contributed by atoms with E-state index in [0.29, 0.717) is 43.9 Å². The van der Waals surface area contributed by atoms with Crippen LogP contribution in [0, 0.1) is 11.3 Å². The van der Waals surface area contributed by atoms with Gasteiger partial charge in [-0.25, -0.2) is 0 Å². The van der Waals surface area contributed by atoms with E-state index in [2.05, 4.69) is 0 Å². The van der Waals surface area contributed by atoms with Gasteiger partial charge in [0.25, 0.3) is 5.91 Å². The van der Waals surface area contributed by atoms with Crippen molar-refractivity contribution in [3.8, 4) is 0 Å². The van der Waals surface area contributed by atoms with E-state index in [1.807, 2.05) is 0 Å². The molecule has 0 radical (unpaired) electrons. The minimum absolute atomic E-state index is 0.0382. The summed E-state index contributed by atoms with van der Waals surface area (Å²) in [5, 5.41) is 9.19. The summed E-state index contributed by atoms with van der Waals surface area (Å²) in [7, 11) is 0. The van der Waals surface area contributed by atoms with Crippen LogP contribution < -0.4 is 5.73 Å². The first-order valence-corrected chi connectivity index (χ1v) is 7.43. The molecule has 1 aromatic carbocycles. The van der Waals surface area contributed by atoms with Gasteiger partial charge in [0.1, 0.15) is 0 Å². The third-order valence-electron chi connectivity index (χ3n) is 4.84. The molecule has 2 saturated heterocycles. The monoisotopic (exact) mass is 304 g/mol. The number of amides is 2. The zero-order valence-electron chi connectivity index (χ0n) is 12.3. The van der Waals surface area contributed by atoms with Crippen LogP contribution in [0.3, 0.4) is 0 Å². The van der Waals surface area contributed by atoms with Crippen molar-refractivity contribution in [2.75, 3.05) is 26.3 Å². The van der Waals surface area contributed by atoms with Gasteiger partial charge in [-0.3, -0.25) is 9.59 Å². The molecule has 0 saturated carbocycles. The van der Waals surface area contributed by atoms with Crippen molar-refractivity contribution in [2.45, 2.75) is 13.0 Å². The van der Waals surface area contributed by atoms with Crippen molar-refractivity contribution < 1.29 is 19.4 Å². The lowest BCUT2D eigenvalue weighted by Crippen LogP contribution is -2.48. The highest BCUT2D eigenvalue weighted by Crippen LogP contribution is 2.42. The number of aliphatic hydroxyl groups excluding tert-OH is 1. The molecule has 2 heterocycles. The summed E-state index contributed by atoms with van der Waals surface area (Å²) >= 11 is 0. The predicted molar refractivity (Wildman–Crippen MR) is 78.8 cm³/mol. The van der Waals surface area contributed by atoms with Crippen LogP contribution in [0.25, 0.3) is 0 Å².